The van der Waals surface area contributed by atoms with Crippen LogP contribution in [0.3, 0.4) is 0 Å². The molecule has 0 aromatic heterocycles. The van der Waals surface area contributed by atoms with Crippen LogP contribution in [0.1, 0.15) is 54.4 Å². The van der Waals surface area contributed by atoms with Gasteiger partial charge in [-0.25, -0.2) is 12.8 Å². The van der Waals surface area contributed by atoms with Gasteiger partial charge in [0.2, 0.25) is 10.0 Å². The summed E-state index contributed by atoms with van der Waals surface area (Å²) in [7, 11) is -4.05. The minimum Gasteiger partial charge on any atom is -0.379 e. The van der Waals surface area contributed by atoms with Gasteiger partial charge in [-0.1, -0.05) is 12.1 Å². The largest absolute Gasteiger partial charge is 0.379 e. The van der Waals surface area contributed by atoms with Crippen LogP contribution in [-0.2, 0) is 20.2 Å². The van der Waals surface area contributed by atoms with E-state index in [0.29, 0.717) is 5.69 Å². The zero-order valence-corrected chi connectivity index (χ0v) is 20.5. The van der Waals surface area contributed by atoms with Gasteiger partial charge < -0.3 is 10.1 Å². The maximum atomic E-state index is 14.5. The fraction of sp³-hybridized carbons (Fsp3) is 0.519. The highest BCUT2D eigenvalue weighted by Gasteiger charge is 2.51. The number of nitrogens with zero attached hydrogens (tertiary/aromatic N) is 1. The molecule has 0 atom stereocenters. The monoisotopic (exact) mass is 498 g/mol. The first-order valence-corrected chi connectivity index (χ1v) is 14.1. The van der Waals surface area contributed by atoms with Crippen LogP contribution in [0, 0.1) is 23.6 Å². The van der Waals surface area contributed by atoms with Crippen molar-refractivity contribution in [2.24, 2.45) is 17.8 Å². The summed E-state index contributed by atoms with van der Waals surface area (Å²) >= 11 is 0. The van der Waals surface area contributed by atoms with E-state index in [1.807, 2.05) is 12.1 Å². The van der Waals surface area contributed by atoms with E-state index < -0.39 is 26.6 Å². The number of ether oxygens (including phenoxy) is 1. The molecule has 4 saturated carbocycles. The number of rotatable bonds is 5. The lowest BCUT2D eigenvalue weighted by molar-refractivity contribution is -0.00518. The van der Waals surface area contributed by atoms with Crippen molar-refractivity contribution in [3.05, 3.63) is 59.4 Å². The van der Waals surface area contributed by atoms with E-state index in [0.717, 1.165) is 29.9 Å². The average Bonchev–Trinajstić information content (AvgIpc) is 2.84. The van der Waals surface area contributed by atoms with Gasteiger partial charge >= 0.3 is 0 Å². The standard InChI is InChI=1S/C27H31FN2O4S/c28-24-6-1-21(14-25(24)35(32,33)30-7-9-34-10-8-30)26(31)29-23-4-2-22(3-5-23)27-15-18-11-19(16-27)13-20(12-18)17-27/h1-6,14,18-20H,7-13,15-17H2,(H,29,31). The van der Waals surface area contributed by atoms with Crippen LogP contribution in [0.4, 0.5) is 10.1 Å². The number of sulfonamides is 1. The molecule has 4 bridgehead atoms. The second-order valence-corrected chi connectivity index (χ2v) is 12.8. The molecule has 186 valence electrons. The molecule has 2 aromatic carbocycles. The van der Waals surface area contributed by atoms with Crippen molar-refractivity contribution in [1.82, 2.24) is 4.31 Å². The Morgan fingerprint density at radius 1 is 0.943 bits per heavy atom. The van der Waals surface area contributed by atoms with Crippen LogP contribution in [0.15, 0.2) is 47.4 Å². The SMILES string of the molecule is O=C(Nc1ccc(C23CC4CC(CC(C4)C2)C3)cc1)c1ccc(F)c(S(=O)(=O)N2CCOCC2)c1. The van der Waals surface area contributed by atoms with Gasteiger partial charge in [0, 0.05) is 24.3 Å². The minimum atomic E-state index is -4.05. The van der Waals surface area contributed by atoms with Gasteiger partial charge in [0.25, 0.3) is 5.91 Å². The highest BCUT2D eigenvalue weighted by molar-refractivity contribution is 7.89. The smallest absolute Gasteiger partial charge is 0.255 e. The summed E-state index contributed by atoms with van der Waals surface area (Å²) in [4.78, 5) is 12.4. The first kappa shape index (κ1) is 23.1. The van der Waals surface area contributed by atoms with Gasteiger partial charge in [-0.3, -0.25) is 4.79 Å². The van der Waals surface area contributed by atoms with E-state index in [1.54, 1.807) is 0 Å². The zero-order valence-electron chi connectivity index (χ0n) is 19.7. The van der Waals surface area contributed by atoms with E-state index >= 15 is 0 Å². The van der Waals surface area contributed by atoms with Gasteiger partial charge in [0.15, 0.2) is 0 Å². The second-order valence-electron chi connectivity index (χ2n) is 10.9. The van der Waals surface area contributed by atoms with Crippen molar-refractivity contribution < 1.29 is 22.3 Å². The summed E-state index contributed by atoms with van der Waals surface area (Å²) in [5.74, 6) is 1.25. The molecule has 0 unspecified atom stereocenters. The predicted octanol–water partition coefficient (Wildman–Crippen LogP) is 4.57. The van der Waals surface area contributed by atoms with Crippen molar-refractivity contribution in [3.63, 3.8) is 0 Å². The number of halogens is 1. The fourth-order valence-electron chi connectivity index (χ4n) is 7.34. The van der Waals surface area contributed by atoms with Gasteiger partial charge in [-0.05, 0) is 97.6 Å². The molecule has 8 heteroatoms. The number of carbonyl (C=O) groups is 1. The summed E-state index contributed by atoms with van der Waals surface area (Å²) in [6.07, 6.45) is 8.03. The molecule has 0 spiro atoms. The van der Waals surface area contributed by atoms with Gasteiger partial charge in [0.05, 0.1) is 13.2 Å². The maximum absolute atomic E-state index is 14.5. The third kappa shape index (κ3) is 4.19. The van der Waals surface area contributed by atoms with E-state index in [1.165, 1.54) is 54.5 Å². The quantitative estimate of drug-likeness (QED) is 0.656. The van der Waals surface area contributed by atoms with Gasteiger partial charge in [0.1, 0.15) is 10.7 Å². The molecule has 4 aliphatic carbocycles. The molecule has 5 aliphatic rings. The molecule has 5 fully saturated rings. The number of hydrogen-bond donors (Lipinski definition) is 1. The van der Waals surface area contributed by atoms with E-state index in [4.69, 9.17) is 4.74 Å². The second kappa shape index (κ2) is 8.68. The van der Waals surface area contributed by atoms with Crippen LogP contribution >= 0.6 is 0 Å². The Morgan fingerprint density at radius 2 is 1.54 bits per heavy atom. The van der Waals surface area contributed by atoms with Crippen LogP contribution in [-0.4, -0.2) is 44.9 Å². The van der Waals surface area contributed by atoms with Gasteiger partial charge in [-0.15, -0.1) is 0 Å². The van der Waals surface area contributed by atoms with Crippen molar-refractivity contribution in [2.75, 3.05) is 31.6 Å². The Bertz CT molecular complexity index is 1200. The first-order chi connectivity index (χ1) is 16.8. The number of morpholine rings is 1. The summed E-state index contributed by atoms with van der Waals surface area (Å²) in [6, 6.07) is 11.6. The fourth-order valence-corrected chi connectivity index (χ4v) is 8.84. The predicted molar refractivity (Wildman–Crippen MR) is 130 cm³/mol. The highest BCUT2D eigenvalue weighted by atomic mass is 32.2. The minimum absolute atomic E-state index is 0.100. The Hall–Kier alpha value is -2.29. The molecule has 0 radical (unpaired) electrons. The lowest BCUT2D eigenvalue weighted by Gasteiger charge is -2.57. The lowest BCUT2D eigenvalue weighted by Crippen LogP contribution is -2.48. The van der Waals surface area contributed by atoms with Crippen LogP contribution in [0.5, 0.6) is 0 Å². The van der Waals surface area contributed by atoms with Crippen LogP contribution < -0.4 is 5.32 Å². The highest BCUT2D eigenvalue weighted by Crippen LogP contribution is 2.60. The van der Waals surface area contributed by atoms with E-state index in [2.05, 4.69) is 17.4 Å². The number of carbonyl (C=O) groups excluding carboxylic acids is 1. The Balaban J connectivity index is 1.19. The van der Waals surface area contributed by atoms with Gasteiger partial charge in [-0.2, -0.15) is 4.31 Å². The zero-order chi connectivity index (χ0) is 24.2. The topological polar surface area (TPSA) is 75.7 Å². The summed E-state index contributed by atoms with van der Waals surface area (Å²) in [6.45, 7) is 0.850. The molecule has 35 heavy (non-hydrogen) atoms. The average molecular weight is 499 g/mol. The third-order valence-electron chi connectivity index (χ3n) is 8.57. The Kier molecular flexibility index (Phi) is 5.73. The van der Waals surface area contributed by atoms with Crippen molar-refractivity contribution >= 4 is 21.6 Å². The number of anilines is 1. The van der Waals surface area contributed by atoms with E-state index in [-0.39, 0.29) is 37.3 Å². The van der Waals surface area contributed by atoms with Crippen LogP contribution in [0.25, 0.3) is 0 Å². The summed E-state index contributed by atoms with van der Waals surface area (Å²) in [5.41, 5.74) is 2.40. The number of nitrogens with one attached hydrogen (secondary N) is 1. The number of hydrogen-bond acceptors (Lipinski definition) is 4. The normalized spacial score (nSPS) is 30.4. The Morgan fingerprint density at radius 3 is 2.14 bits per heavy atom. The molecule has 1 heterocycles. The van der Waals surface area contributed by atoms with Crippen molar-refractivity contribution in [1.29, 1.82) is 0 Å². The molecule has 1 aliphatic heterocycles. The third-order valence-corrected chi connectivity index (χ3v) is 10.5. The molecule has 1 amide bonds. The number of amides is 1. The molecular formula is C27H31FN2O4S. The van der Waals surface area contributed by atoms with Crippen LogP contribution in [0.2, 0.25) is 0 Å². The molecule has 1 N–H and O–H groups in total. The van der Waals surface area contributed by atoms with Crippen molar-refractivity contribution in [3.8, 4) is 0 Å². The molecule has 7 rings (SSSR count). The molecule has 1 saturated heterocycles. The maximum Gasteiger partial charge on any atom is 0.255 e. The van der Waals surface area contributed by atoms with E-state index in [9.17, 15) is 17.6 Å². The Labute approximate surface area is 205 Å². The summed E-state index contributed by atoms with van der Waals surface area (Å²) in [5, 5.41) is 2.85. The molecule has 2 aromatic rings. The number of benzene rings is 2. The first-order valence-electron chi connectivity index (χ1n) is 12.6. The summed E-state index contributed by atoms with van der Waals surface area (Å²) < 4.78 is 46.8. The van der Waals surface area contributed by atoms with Crippen molar-refractivity contribution in [2.45, 2.75) is 48.8 Å². The molecule has 6 nitrogen and oxygen atoms in total. The molecular weight excluding hydrogens is 467 g/mol. The lowest BCUT2D eigenvalue weighted by atomic mass is 9.48.